The molecule has 0 radical (unpaired) electrons. The van der Waals surface area contributed by atoms with Crippen molar-refractivity contribution in [3.63, 3.8) is 0 Å². The molecule has 2 atom stereocenters. The molecule has 3 aromatic rings. The van der Waals surface area contributed by atoms with E-state index in [1.807, 2.05) is 25.1 Å². The van der Waals surface area contributed by atoms with Crippen molar-refractivity contribution in [3.05, 3.63) is 81.3 Å². The van der Waals surface area contributed by atoms with Gasteiger partial charge in [-0.15, -0.1) is 0 Å². The van der Waals surface area contributed by atoms with Crippen LogP contribution in [0.25, 0.3) is 0 Å². The average Bonchev–Trinajstić information content (AvgIpc) is 3.54. The van der Waals surface area contributed by atoms with Crippen LogP contribution >= 0.6 is 23.2 Å². The topological polar surface area (TPSA) is 79.4 Å². The van der Waals surface area contributed by atoms with Crippen LogP contribution in [0.1, 0.15) is 49.8 Å². The van der Waals surface area contributed by atoms with E-state index < -0.39 is 5.41 Å². The van der Waals surface area contributed by atoms with E-state index in [-0.39, 0.29) is 36.7 Å². The first kappa shape index (κ1) is 30.7. The number of benzene rings is 3. The first-order valence-electron chi connectivity index (χ1n) is 14.2. The zero-order valence-corrected chi connectivity index (χ0v) is 26.5. The second-order valence-electron chi connectivity index (χ2n) is 11.2. The predicted molar refractivity (Wildman–Crippen MR) is 169 cm³/mol. The maximum atomic E-state index is 14.5. The van der Waals surface area contributed by atoms with Crippen molar-refractivity contribution in [1.29, 1.82) is 0 Å². The van der Waals surface area contributed by atoms with Gasteiger partial charge in [-0.2, -0.15) is 0 Å². The Hall–Kier alpha value is -3.75. The van der Waals surface area contributed by atoms with Gasteiger partial charge in [-0.3, -0.25) is 14.4 Å². The smallest absolute Gasteiger partial charge is 0.242 e. The Morgan fingerprint density at radius 2 is 1.79 bits per heavy atom. The summed E-state index contributed by atoms with van der Waals surface area (Å²) in [5.41, 5.74) is 2.21. The lowest BCUT2D eigenvalue weighted by Gasteiger charge is -2.29. The molecule has 43 heavy (non-hydrogen) atoms. The predicted octanol–water partition coefficient (Wildman–Crippen LogP) is 6.23. The summed E-state index contributed by atoms with van der Waals surface area (Å²) in [7, 11) is 4.87. The highest BCUT2D eigenvalue weighted by atomic mass is 35.5. The minimum absolute atomic E-state index is 0.0199. The van der Waals surface area contributed by atoms with Gasteiger partial charge in [0.2, 0.25) is 17.7 Å². The summed E-state index contributed by atoms with van der Waals surface area (Å²) in [6, 6.07) is 16.1. The highest BCUT2D eigenvalue weighted by Crippen LogP contribution is 2.50. The Labute approximate surface area is 262 Å². The molecule has 1 saturated heterocycles. The molecule has 3 aromatic carbocycles. The van der Waals surface area contributed by atoms with Crippen LogP contribution in [0.5, 0.6) is 11.5 Å². The van der Waals surface area contributed by atoms with Crippen LogP contribution in [-0.4, -0.2) is 56.5 Å². The number of methoxy groups -OCH3 is 2. The zero-order chi connectivity index (χ0) is 31.1. The van der Waals surface area contributed by atoms with Crippen LogP contribution in [0.3, 0.4) is 0 Å². The number of hydrogen-bond donors (Lipinski definition) is 0. The molecule has 8 nitrogen and oxygen atoms in total. The lowest BCUT2D eigenvalue weighted by atomic mass is 9.77. The van der Waals surface area contributed by atoms with Crippen molar-refractivity contribution in [2.45, 2.75) is 51.1 Å². The molecule has 0 N–H and O–H groups in total. The Morgan fingerprint density at radius 3 is 2.49 bits per heavy atom. The lowest BCUT2D eigenvalue weighted by Crippen LogP contribution is -2.40. The van der Waals surface area contributed by atoms with Crippen molar-refractivity contribution in [1.82, 2.24) is 4.90 Å². The van der Waals surface area contributed by atoms with Crippen LogP contribution in [-0.2, 0) is 26.3 Å². The molecule has 0 bridgehead atoms. The number of anilines is 2. The normalized spacial score (nSPS) is 19.4. The SMILES string of the molecule is COc1ccc(CN2C(=O)C(C)(c3cc(N(C)C(=O)CC4CCCN4C(C)=O)ccc3Cl)c3cc(Cl)ccc32)c(OC)c1. The van der Waals surface area contributed by atoms with Crippen molar-refractivity contribution >= 4 is 52.3 Å². The average molecular weight is 625 g/mol. The molecule has 10 heteroatoms. The number of hydrogen-bond acceptors (Lipinski definition) is 5. The number of amides is 3. The highest BCUT2D eigenvalue weighted by Gasteiger charge is 2.50. The summed E-state index contributed by atoms with van der Waals surface area (Å²) in [6.07, 6.45) is 1.90. The third kappa shape index (κ3) is 5.54. The van der Waals surface area contributed by atoms with Crippen molar-refractivity contribution in [2.24, 2.45) is 0 Å². The standard InChI is InChI=1S/C33H35Cl2N3O5/c1-20(39)37-14-6-7-24(37)17-31(40)36(3)23-10-12-28(35)26(16-23)33(2)27-15-22(34)9-13-29(27)38(32(33)41)19-21-8-11-25(42-4)18-30(21)43-5/h8-13,15-16,18,24H,6-7,14,17,19H2,1-5H3. The van der Waals surface area contributed by atoms with Crippen LogP contribution in [0.4, 0.5) is 11.4 Å². The van der Waals surface area contributed by atoms with Gasteiger partial charge in [-0.1, -0.05) is 23.2 Å². The van der Waals surface area contributed by atoms with Gasteiger partial charge >= 0.3 is 0 Å². The van der Waals surface area contributed by atoms with E-state index in [9.17, 15) is 14.4 Å². The number of carbonyl (C=O) groups excluding carboxylic acids is 3. The molecule has 5 rings (SSSR count). The number of carbonyl (C=O) groups is 3. The first-order valence-corrected chi connectivity index (χ1v) is 14.9. The summed E-state index contributed by atoms with van der Waals surface area (Å²) in [5, 5.41) is 0.890. The van der Waals surface area contributed by atoms with Crippen molar-refractivity contribution < 1.29 is 23.9 Å². The van der Waals surface area contributed by atoms with Gasteiger partial charge in [-0.05, 0) is 79.4 Å². The molecular formula is C33H35Cl2N3O5. The summed E-state index contributed by atoms with van der Waals surface area (Å²) in [5.74, 6) is 0.926. The van der Waals surface area contributed by atoms with E-state index >= 15 is 0 Å². The Kier molecular flexibility index (Phi) is 8.63. The van der Waals surface area contributed by atoms with E-state index in [0.717, 1.165) is 18.4 Å². The number of fused-ring (bicyclic) bond motifs is 1. The molecule has 2 aliphatic rings. The van der Waals surface area contributed by atoms with Gasteiger partial charge in [-0.25, -0.2) is 0 Å². The van der Waals surface area contributed by atoms with Gasteiger partial charge in [0.1, 0.15) is 16.9 Å². The summed E-state index contributed by atoms with van der Waals surface area (Å²) >= 11 is 13.3. The van der Waals surface area contributed by atoms with E-state index in [1.165, 1.54) is 6.92 Å². The molecule has 2 heterocycles. The van der Waals surface area contributed by atoms with E-state index in [0.29, 0.717) is 50.6 Å². The number of rotatable bonds is 8. The monoisotopic (exact) mass is 623 g/mol. The number of likely N-dealkylation sites (tertiary alicyclic amines) is 1. The largest absolute Gasteiger partial charge is 0.497 e. The molecule has 0 aliphatic carbocycles. The Bertz CT molecular complexity index is 1590. The summed E-state index contributed by atoms with van der Waals surface area (Å²) < 4.78 is 10.9. The van der Waals surface area contributed by atoms with Gasteiger partial charge in [0.25, 0.3) is 0 Å². The summed E-state index contributed by atoms with van der Waals surface area (Å²) in [6.45, 7) is 4.30. The number of halogens is 2. The van der Waals surface area contributed by atoms with Crippen molar-refractivity contribution in [2.75, 3.05) is 37.6 Å². The third-order valence-corrected chi connectivity index (χ3v) is 9.29. The summed E-state index contributed by atoms with van der Waals surface area (Å²) in [4.78, 5) is 44.9. The molecule has 2 unspecified atom stereocenters. The van der Waals surface area contributed by atoms with Gasteiger partial charge in [0.05, 0.1) is 20.8 Å². The highest BCUT2D eigenvalue weighted by molar-refractivity contribution is 6.33. The molecule has 226 valence electrons. The molecule has 0 aromatic heterocycles. The van der Waals surface area contributed by atoms with Crippen LogP contribution < -0.4 is 19.3 Å². The molecule has 0 saturated carbocycles. The fourth-order valence-corrected chi connectivity index (χ4v) is 6.74. The Morgan fingerprint density at radius 1 is 1.02 bits per heavy atom. The van der Waals surface area contributed by atoms with Crippen LogP contribution in [0.2, 0.25) is 10.0 Å². The lowest BCUT2D eigenvalue weighted by molar-refractivity contribution is -0.130. The fraction of sp³-hybridized carbons (Fsp3) is 0.364. The van der Waals surface area contributed by atoms with E-state index in [4.69, 9.17) is 32.7 Å². The van der Waals surface area contributed by atoms with Gasteiger partial charge in [0, 0.05) is 66.0 Å². The second kappa shape index (κ2) is 12.1. The second-order valence-corrected chi connectivity index (χ2v) is 12.0. The molecule has 2 aliphatic heterocycles. The maximum Gasteiger partial charge on any atom is 0.242 e. The Balaban J connectivity index is 1.51. The molecule has 0 spiro atoms. The third-order valence-electron chi connectivity index (χ3n) is 8.73. The van der Waals surface area contributed by atoms with E-state index in [1.54, 1.807) is 72.4 Å². The molecule has 1 fully saturated rings. The fourth-order valence-electron chi connectivity index (χ4n) is 6.26. The van der Waals surface area contributed by atoms with Crippen LogP contribution in [0, 0.1) is 0 Å². The quantitative estimate of drug-likeness (QED) is 0.297. The van der Waals surface area contributed by atoms with Gasteiger partial charge < -0.3 is 24.2 Å². The van der Waals surface area contributed by atoms with Gasteiger partial charge in [0.15, 0.2) is 0 Å². The minimum Gasteiger partial charge on any atom is -0.497 e. The number of ether oxygens (including phenoxy) is 2. The zero-order valence-electron chi connectivity index (χ0n) is 24.9. The first-order chi connectivity index (χ1) is 20.5. The van der Waals surface area contributed by atoms with Crippen LogP contribution in [0.15, 0.2) is 54.6 Å². The maximum absolute atomic E-state index is 14.5. The minimum atomic E-state index is -1.19. The van der Waals surface area contributed by atoms with E-state index in [2.05, 4.69) is 0 Å². The van der Waals surface area contributed by atoms with Crippen molar-refractivity contribution in [3.8, 4) is 11.5 Å². The molecule has 3 amide bonds. The molecular weight excluding hydrogens is 589 g/mol. The number of nitrogens with zero attached hydrogens (tertiary/aromatic N) is 3.